The first-order valence-electron chi connectivity index (χ1n) is 9.13. The maximum absolute atomic E-state index is 15.3. The van der Waals surface area contributed by atoms with Crippen molar-refractivity contribution in [3.63, 3.8) is 0 Å². The van der Waals surface area contributed by atoms with Crippen molar-refractivity contribution >= 4 is 35.0 Å². The van der Waals surface area contributed by atoms with E-state index in [0.717, 1.165) is 31.8 Å². The number of aromatic nitrogens is 1. The van der Waals surface area contributed by atoms with Gasteiger partial charge in [0, 0.05) is 25.8 Å². The molecule has 1 aliphatic heterocycles. The van der Waals surface area contributed by atoms with Gasteiger partial charge in [-0.25, -0.2) is 13.6 Å². The molecule has 28 heavy (non-hydrogen) atoms. The lowest BCUT2D eigenvalue weighted by atomic mass is 10.1. The Balaban J connectivity index is 0.00000280. The second kappa shape index (κ2) is 8.87. The van der Waals surface area contributed by atoms with Gasteiger partial charge in [0.05, 0.1) is 10.9 Å². The van der Waals surface area contributed by atoms with Gasteiger partial charge in [0.15, 0.2) is 5.82 Å². The molecule has 9 heteroatoms. The van der Waals surface area contributed by atoms with Gasteiger partial charge in [-0.15, -0.1) is 12.4 Å². The maximum atomic E-state index is 15.3. The molecule has 154 valence electrons. The highest BCUT2D eigenvalue weighted by Crippen LogP contribution is 2.33. The molecule has 0 amide bonds. The van der Waals surface area contributed by atoms with Gasteiger partial charge in [0.1, 0.15) is 17.1 Å². The molecule has 0 saturated carbocycles. The molecule has 1 saturated heterocycles. The predicted molar refractivity (Wildman–Crippen MR) is 107 cm³/mol. The van der Waals surface area contributed by atoms with E-state index in [2.05, 4.69) is 5.32 Å². The Kier molecular flexibility index (Phi) is 7.01. The summed E-state index contributed by atoms with van der Waals surface area (Å²) in [6.07, 6.45) is 1.94. The number of halogens is 3. The highest BCUT2D eigenvalue weighted by Gasteiger charge is 2.29. The van der Waals surface area contributed by atoms with E-state index >= 15 is 4.39 Å². The van der Waals surface area contributed by atoms with Gasteiger partial charge in [0.25, 0.3) is 0 Å². The van der Waals surface area contributed by atoms with Gasteiger partial charge < -0.3 is 19.9 Å². The normalized spacial score (nSPS) is 16.4. The van der Waals surface area contributed by atoms with Crippen molar-refractivity contribution in [2.75, 3.05) is 31.1 Å². The molecular weight excluding hydrogens is 392 g/mol. The van der Waals surface area contributed by atoms with E-state index in [0.29, 0.717) is 19.0 Å². The lowest BCUT2D eigenvalue weighted by Gasteiger charge is -2.22. The standard InChI is InChI=1S/C19H23F2N3O3.ClH/c1-3-22-8-11-5-6-24(9-11)17-14(20)7-12-16(15(17)21)23(4-2)10-13(18(12)25)19(26)27;/h7,10-11,22H,3-6,8-9H2,1-2H3,(H,26,27);1H/t11-;/m1./s1. The first-order chi connectivity index (χ1) is 12.9. The van der Waals surface area contributed by atoms with Crippen molar-refractivity contribution in [3.05, 3.63) is 39.7 Å². The van der Waals surface area contributed by atoms with E-state index in [1.807, 2.05) is 6.92 Å². The third kappa shape index (κ3) is 3.84. The zero-order chi connectivity index (χ0) is 19.7. The number of fused-ring (bicyclic) bond motifs is 1. The number of anilines is 1. The van der Waals surface area contributed by atoms with Crippen molar-refractivity contribution in [1.29, 1.82) is 0 Å². The summed E-state index contributed by atoms with van der Waals surface area (Å²) in [6.45, 7) is 6.64. The number of benzene rings is 1. The summed E-state index contributed by atoms with van der Waals surface area (Å²) >= 11 is 0. The van der Waals surface area contributed by atoms with E-state index in [4.69, 9.17) is 0 Å². The van der Waals surface area contributed by atoms with E-state index in [1.54, 1.807) is 11.8 Å². The highest BCUT2D eigenvalue weighted by atomic mass is 35.5. The largest absolute Gasteiger partial charge is 0.477 e. The van der Waals surface area contributed by atoms with Crippen LogP contribution < -0.4 is 15.6 Å². The molecule has 1 atom stereocenters. The molecule has 0 radical (unpaired) electrons. The average molecular weight is 416 g/mol. The third-order valence-electron chi connectivity index (χ3n) is 5.09. The number of hydrogen-bond acceptors (Lipinski definition) is 4. The number of aryl methyl sites for hydroxylation is 1. The molecular formula is C19H24ClF2N3O3. The second-order valence-electron chi connectivity index (χ2n) is 6.79. The molecule has 0 aliphatic carbocycles. The first kappa shape index (κ1) is 22.1. The number of aromatic carboxylic acids is 1. The predicted octanol–water partition coefficient (Wildman–Crippen LogP) is 2.86. The summed E-state index contributed by atoms with van der Waals surface area (Å²) in [5.74, 6) is -2.78. The minimum atomic E-state index is -1.42. The zero-order valence-corrected chi connectivity index (χ0v) is 16.6. The topological polar surface area (TPSA) is 74.6 Å². The summed E-state index contributed by atoms with van der Waals surface area (Å²) < 4.78 is 31.4. The Morgan fingerprint density at radius 2 is 2.07 bits per heavy atom. The van der Waals surface area contributed by atoms with Gasteiger partial charge in [-0.2, -0.15) is 0 Å². The molecule has 6 nitrogen and oxygen atoms in total. The van der Waals surface area contributed by atoms with Crippen LogP contribution in [0.1, 0.15) is 30.6 Å². The van der Waals surface area contributed by atoms with Crippen molar-refractivity contribution in [3.8, 4) is 0 Å². The van der Waals surface area contributed by atoms with Crippen LogP contribution in [0.5, 0.6) is 0 Å². The summed E-state index contributed by atoms with van der Waals surface area (Å²) in [5.41, 5.74) is -1.58. The quantitative estimate of drug-likeness (QED) is 0.758. The summed E-state index contributed by atoms with van der Waals surface area (Å²) in [5, 5.41) is 12.2. The van der Waals surface area contributed by atoms with E-state index in [1.165, 1.54) is 4.57 Å². The molecule has 2 aromatic rings. The summed E-state index contributed by atoms with van der Waals surface area (Å²) in [4.78, 5) is 25.4. The number of nitrogens with one attached hydrogen (secondary N) is 1. The molecule has 0 bridgehead atoms. The molecule has 0 unspecified atom stereocenters. The number of nitrogens with zero attached hydrogens (tertiary/aromatic N) is 2. The smallest absolute Gasteiger partial charge is 0.341 e. The lowest BCUT2D eigenvalue weighted by Crippen LogP contribution is -2.28. The number of rotatable bonds is 6. The second-order valence-corrected chi connectivity index (χ2v) is 6.79. The Bertz CT molecular complexity index is 948. The van der Waals surface area contributed by atoms with Crippen LogP contribution in [0.25, 0.3) is 10.9 Å². The number of carboxylic acids is 1. The summed E-state index contributed by atoms with van der Waals surface area (Å²) in [6, 6.07) is 0.965. The minimum absolute atomic E-state index is 0. The Morgan fingerprint density at radius 1 is 1.36 bits per heavy atom. The van der Waals surface area contributed by atoms with Crippen LogP contribution in [0.4, 0.5) is 14.5 Å². The van der Waals surface area contributed by atoms with Crippen LogP contribution in [-0.4, -0.2) is 41.8 Å². The fraction of sp³-hybridized carbons (Fsp3) is 0.474. The Labute approximate surface area is 167 Å². The van der Waals surface area contributed by atoms with Crippen LogP contribution in [-0.2, 0) is 6.54 Å². The SMILES string of the molecule is CCNC[C@H]1CCN(c2c(F)cc3c(=O)c(C(=O)O)cn(CC)c3c2F)C1.Cl. The van der Waals surface area contributed by atoms with Crippen LogP contribution in [0.2, 0.25) is 0 Å². The molecule has 1 fully saturated rings. The van der Waals surface area contributed by atoms with E-state index in [-0.39, 0.29) is 35.5 Å². The monoisotopic (exact) mass is 415 g/mol. The van der Waals surface area contributed by atoms with Crippen LogP contribution in [0.15, 0.2) is 17.1 Å². The zero-order valence-electron chi connectivity index (χ0n) is 15.8. The number of pyridine rings is 1. The molecule has 1 aliphatic rings. The van der Waals surface area contributed by atoms with Crippen LogP contribution >= 0.6 is 12.4 Å². The molecule has 3 rings (SSSR count). The lowest BCUT2D eigenvalue weighted by molar-refractivity contribution is 0.0695. The van der Waals surface area contributed by atoms with Gasteiger partial charge in [-0.05, 0) is 38.4 Å². The van der Waals surface area contributed by atoms with E-state index in [9.17, 15) is 19.1 Å². The fourth-order valence-electron chi connectivity index (χ4n) is 3.72. The maximum Gasteiger partial charge on any atom is 0.341 e. The van der Waals surface area contributed by atoms with Crippen LogP contribution in [0.3, 0.4) is 0 Å². The Hall–Kier alpha value is -2.19. The molecule has 2 N–H and O–H groups in total. The molecule has 0 spiro atoms. The van der Waals surface area contributed by atoms with Gasteiger partial charge in [-0.1, -0.05) is 6.92 Å². The van der Waals surface area contributed by atoms with Crippen molar-refractivity contribution in [1.82, 2.24) is 9.88 Å². The van der Waals surface area contributed by atoms with Gasteiger partial charge in [0.2, 0.25) is 5.43 Å². The van der Waals surface area contributed by atoms with Gasteiger partial charge >= 0.3 is 5.97 Å². The molecule has 1 aromatic carbocycles. The minimum Gasteiger partial charge on any atom is -0.477 e. The molecule has 1 aromatic heterocycles. The third-order valence-corrected chi connectivity index (χ3v) is 5.09. The Morgan fingerprint density at radius 3 is 2.68 bits per heavy atom. The van der Waals surface area contributed by atoms with Crippen LogP contribution in [0, 0.1) is 17.6 Å². The average Bonchev–Trinajstić information content (AvgIpc) is 3.09. The number of carboxylic acid groups (broad SMARTS) is 1. The van der Waals surface area contributed by atoms with Gasteiger partial charge in [-0.3, -0.25) is 4.79 Å². The fourth-order valence-corrected chi connectivity index (χ4v) is 3.72. The molecule has 2 heterocycles. The first-order valence-corrected chi connectivity index (χ1v) is 9.13. The van der Waals surface area contributed by atoms with Crippen molar-refractivity contribution in [2.45, 2.75) is 26.8 Å². The number of carbonyl (C=O) groups is 1. The van der Waals surface area contributed by atoms with E-state index < -0.39 is 28.6 Å². The van der Waals surface area contributed by atoms with Crippen molar-refractivity contribution in [2.24, 2.45) is 5.92 Å². The van der Waals surface area contributed by atoms with Crippen molar-refractivity contribution < 1.29 is 18.7 Å². The highest BCUT2D eigenvalue weighted by molar-refractivity contribution is 5.93. The number of hydrogen-bond donors (Lipinski definition) is 2. The summed E-state index contributed by atoms with van der Waals surface area (Å²) in [7, 11) is 0.